The van der Waals surface area contributed by atoms with Crippen molar-refractivity contribution in [2.75, 3.05) is 19.7 Å². The van der Waals surface area contributed by atoms with Gasteiger partial charge in [0, 0.05) is 25.7 Å². The van der Waals surface area contributed by atoms with E-state index in [4.69, 9.17) is 17.0 Å². The van der Waals surface area contributed by atoms with Crippen LogP contribution in [0.4, 0.5) is 0 Å². The third kappa shape index (κ3) is 3.82. The lowest BCUT2D eigenvalue weighted by molar-refractivity contribution is 0.113. The van der Waals surface area contributed by atoms with Gasteiger partial charge in [-0.3, -0.25) is 0 Å². The molecule has 0 spiro atoms. The van der Waals surface area contributed by atoms with Gasteiger partial charge in [0.25, 0.3) is 0 Å². The normalized spacial score (nSPS) is 25.1. The molecule has 0 aromatic heterocycles. The summed E-state index contributed by atoms with van der Waals surface area (Å²) in [5.41, 5.74) is 0. The monoisotopic (exact) mass is 270 g/mol. The van der Waals surface area contributed by atoms with E-state index < -0.39 is 0 Å². The van der Waals surface area contributed by atoms with Crippen LogP contribution >= 0.6 is 12.2 Å². The van der Waals surface area contributed by atoms with Gasteiger partial charge in [0.15, 0.2) is 5.11 Å². The van der Waals surface area contributed by atoms with Crippen LogP contribution in [0.3, 0.4) is 0 Å². The molecule has 2 aliphatic rings. The Labute approximate surface area is 116 Å². The molecule has 0 aromatic rings. The molecule has 1 saturated heterocycles. The highest BCUT2D eigenvalue weighted by Gasteiger charge is 2.23. The smallest absolute Gasteiger partial charge is 0.169 e. The van der Waals surface area contributed by atoms with E-state index in [2.05, 4.69) is 17.1 Å². The largest absolute Gasteiger partial charge is 0.376 e. The molecule has 0 aromatic carbocycles. The first-order valence-electron chi connectivity index (χ1n) is 7.47. The molecule has 1 aliphatic carbocycles. The summed E-state index contributed by atoms with van der Waals surface area (Å²) in [5.74, 6) is 0. The van der Waals surface area contributed by atoms with Crippen LogP contribution in [0.15, 0.2) is 0 Å². The van der Waals surface area contributed by atoms with Gasteiger partial charge in [0.05, 0.1) is 6.10 Å². The van der Waals surface area contributed by atoms with Crippen molar-refractivity contribution in [1.29, 1.82) is 0 Å². The predicted octanol–water partition coefficient (Wildman–Crippen LogP) is 2.69. The topological polar surface area (TPSA) is 24.5 Å². The molecular formula is C14H26N2OS. The fourth-order valence-electron chi connectivity index (χ4n) is 3.07. The van der Waals surface area contributed by atoms with E-state index >= 15 is 0 Å². The molecule has 0 unspecified atom stereocenters. The lowest BCUT2D eigenvalue weighted by atomic mass is 9.94. The van der Waals surface area contributed by atoms with Gasteiger partial charge >= 0.3 is 0 Å². The molecule has 1 atom stereocenters. The van der Waals surface area contributed by atoms with Gasteiger partial charge in [-0.1, -0.05) is 19.3 Å². The van der Waals surface area contributed by atoms with Crippen molar-refractivity contribution in [3.8, 4) is 0 Å². The van der Waals surface area contributed by atoms with Crippen LogP contribution in [0, 0.1) is 0 Å². The molecule has 0 bridgehead atoms. The second-order valence-corrected chi connectivity index (χ2v) is 5.79. The van der Waals surface area contributed by atoms with Gasteiger partial charge in [0.2, 0.25) is 0 Å². The SMILES string of the molecule is CCN(C(=S)NC[C@H]1CCCO1)C1CCCCC1. The lowest BCUT2D eigenvalue weighted by Crippen LogP contribution is -2.48. The fraction of sp³-hybridized carbons (Fsp3) is 0.929. The molecule has 2 fully saturated rings. The Kier molecular flexibility index (Phi) is 5.70. The van der Waals surface area contributed by atoms with E-state index in [1.165, 1.54) is 44.9 Å². The minimum Gasteiger partial charge on any atom is -0.376 e. The summed E-state index contributed by atoms with van der Waals surface area (Å²) in [7, 11) is 0. The number of ether oxygens (including phenoxy) is 1. The zero-order valence-electron chi connectivity index (χ0n) is 11.5. The average Bonchev–Trinajstić information content (AvgIpc) is 2.92. The Morgan fingerprint density at radius 2 is 2.00 bits per heavy atom. The number of nitrogens with zero attached hydrogens (tertiary/aromatic N) is 1. The van der Waals surface area contributed by atoms with Crippen molar-refractivity contribution in [2.45, 2.75) is 64.0 Å². The van der Waals surface area contributed by atoms with E-state index in [0.717, 1.165) is 24.8 Å². The average molecular weight is 270 g/mol. The number of nitrogens with one attached hydrogen (secondary N) is 1. The van der Waals surface area contributed by atoms with Gasteiger partial charge in [-0.2, -0.15) is 0 Å². The van der Waals surface area contributed by atoms with Gasteiger partial charge in [-0.25, -0.2) is 0 Å². The maximum atomic E-state index is 5.62. The Bertz CT molecular complexity index is 261. The molecule has 104 valence electrons. The first kappa shape index (κ1) is 14.1. The maximum Gasteiger partial charge on any atom is 0.169 e. The van der Waals surface area contributed by atoms with Crippen molar-refractivity contribution >= 4 is 17.3 Å². The maximum absolute atomic E-state index is 5.62. The van der Waals surface area contributed by atoms with Crippen LogP contribution in [-0.2, 0) is 4.74 Å². The van der Waals surface area contributed by atoms with E-state index in [0.29, 0.717) is 12.1 Å². The Morgan fingerprint density at radius 3 is 2.61 bits per heavy atom. The molecular weight excluding hydrogens is 244 g/mol. The van der Waals surface area contributed by atoms with Crippen LogP contribution in [0.5, 0.6) is 0 Å². The number of hydrogen-bond donors (Lipinski definition) is 1. The van der Waals surface area contributed by atoms with E-state index in [1.807, 2.05) is 0 Å². The summed E-state index contributed by atoms with van der Waals surface area (Å²) in [5, 5.41) is 4.34. The molecule has 18 heavy (non-hydrogen) atoms. The number of hydrogen-bond acceptors (Lipinski definition) is 2. The highest BCUT2D eigenvalue weighted by atomic mass is 32.1. The minimum atomic E-state index is 0.369. The van der Waals surface area contributed by atoms with Crippen molar-refractivity contribution in [2.24, 2.45) is 0 Å². The van der Waals surface area contributed by atoms with Gasteiger partial charge in [-0.05, 0) is 44.8 Å². The van der Waals surface area contributed by atoms with E-state index in [1.54, 1.807) is 0 Å². The molecule has 1 N–H and O–H groups in total. The summed E-state index contributed by atoms with van der Waals surface area (Å²) in [6.45, 7) is 5.01. The van der Waals surface area contributed by atoms with E-state index in [-0.39, 0.29) is 0 Å². The lowest BCUT2D eigenvalue weighted by Gasteiger charge is -2.35. The first-order valence-corrected chi connectivity index (χ1v) is 7.88. The highest BCUT2D eigenvalue weighted by molar-refractivity contribution is 7.80. The second kappa shape index (κ2) is 7.29. The van der Waals surface area contributed by atoms with Crippen molar-refractivity contribution in [1.82, 2.24) is 10.2 Å². The van der Waals surface area contributed by atoms with Crippen molar-refractivity contribution < 1.29 is 4.74 Å². The summed E-state index contributed by atoms with van der Waals surface area (Å²) < 4.78 is 5.62. The molecule has 1 saturated carbocycles. The van der Waals surface area contributed by atoms with Gasteiger partial charge < -0.3 is 15.0 Å². The Morgan fingerprint density at radius 1 is 1.22 bits per heavy atom. The Balaban J connectivity index is 1.76. The molecule has 3 nitrogen and oxygen atoms in total. The second-order valence-electron chi connectivity index (χ2n) is 5.40. The summed E-state index contributed by atoms with van der Waals surface area (Å²) in [6.07, 6.45) is 9.44. The highest BCUT2D eigenvalue weighted by Crippen LogP contribution is 2.22. The standard InChI is InChI=1S/C14H26N2OS/c1-2-16(12-7-4-3-5-8-12)14(18)15-11-13-9-6-10-17-13/h12-13H,2-11H2,1H3,(H,15,18)/t13-/m1/s1. The molecule has 2 rings (SSSR count). The quantitative estimate of drug-likeness (QED) is 0.794. The Hall–Kier alpha value is -0.350. The third-order valence-corrected chi connectivity index (χ3v) is 4.50. The van der Waals surface area contributed by atoms with Crippen molar-refractivity contribution in [3.05, 3.63) is 0 Å². The number of rotatable bonds is 4. The summed E-state index contributed by atoms with van der Waals surface area (Å²) in [6, 6.07) is 0.660. The first-order chi connectivity index (χ1) is 8.81. The zero-order chi connectivity index (χ0) is 12.8. The van der Waals surface area contributed by atoms with Crippen LogP contribution in [0.1, 0.15) is 51.9 Å². The third-order valence-electron chi connectivity index (χ3n) is 4.12. The number of thiocarbonyl (C=S) groups is 1. The summed E-state index contributed by atoms with van der Waals surface area (Å²) >= 11 is 5.55. The molecule has 0 amide bonds. The fourth-order valence-corrected chi connectivity index (χ4v) is 3.43. The minimum absolute atomic E-state index is 0.369. The van der Waals surface area contributed by atoms with Crippen LogP contribution in [0.25, 0.3) is 0 Å². The summed E-state index contributed by atoms with van der Waals surface area (Å²) in [4.78, 5) is 2.38. The molecule has 1 heterocycles. The molecule has 0 radical (unpaired) electrons. The van der Waals surface area contributed by atoms with Gasteiger partial charge in [-0.15, -0.1) is 0 Å². The molecule has 1 aliphatic heterocycles. The van der Waals surface area contributed by atoms with Crippen LogP contribution in [0.2, 0.25) is 0 Å². The predicted molar refractivity (Wildman–Crippen MR) is 78.8 cm³/mol. The van der Waals surface area contributed by atoms with Crippen LogP contribution < -0.4 is 5.32 Å². The van der Waals surface area contributed by atoms with E-state index in [9.17, 15) is 0 Å². The van der Waals surface area contributed by atoms with Crippen molar-refractivity contribution in [3.63, 3.8) is 0 Å². The molecule has 4 heteroatoms. The zero-order valence-corrected chi connectivity index (χ0v) is 12.3. The van der Waals surface area contributed by atoms with Gasteiger partial charge in [0.1, 0.15) is 0 Å². The van der Waals surface area contributed by atoms with Crippen LogP contribution in [-0.4, -0.2) is 41.9 Å².